The lowest BCUT2D eigenvalue weighted by molar-refractivity contribution is 0.0649. The van der Waals surface area contributed by atoms with Crippen molar-refractivity contribution in [3.63, 3.8) is 0 Å². The summed E-state index contributed by atoms with van der Waals surface area (Å²) in [7, 11) is 1.78. The van der Waals surface area contributed by atoms with E-state index in [1.165, 1.54) is 0 Å². The van der Waals surface area contributed by atoms with Gasteiger partial charge in [0.1, 0.15) is 10.3 Å². The number of amides is 1. The van der Waals surface area contributed by atoms with E-state index in [0.29, 0.717) is 10.3 Å². The van der Waals surface area contributed by atoms with Crippen molar-refractivity contribution in [1.82, 2.24) is 9.88 Å². The summed E-state index contributed by atoms with van der Waals surface area (Å²) in [4.78, 5) is 17.8. The first-order chi connectivity index (χ1) is 6.82. The maximum absolute atomic E-state index is 12.0. The molecular weight excluding hydrogens is 256 g/mol. The summed E-state index contributed by atoms with van der Waals surface area (Å²) in [5.74, 6) is -0.0659. The largest absolute Gasteiger partial charge is 0.336 e. The van der Waals surface area contributed by atoms with Gasteiger partial charge in [0.2, 0.25) is 0 Å². The number of pyridine rings is 1. The van der Waals surface area contributed by atoms with Crippen molar-refractivity contribution in [3.05, 3.63) is 28.5 Å². The van der Waals surface area contributed by atoms with Crippen LogP contribution in [0, 0.1) is 0 Å². The lowest BCUT2D eigenvalue weighted by atomic mass is 10.1. The molecule has 1 aromatic rings. The summed E-state index contributed by atoms with van der Waals surface area (Å²) in [6.07, 6.45) is 0. The molecule has 82 valence electrons. The average molecular weight is 271 g/mol. The molecule has 1 amide bonds. The third-order valence-electron chi connectivity index (χ3n) is 2.25. The number of carbonyl (C=O) groups is 1. The van der Waals surface area contributed by atoms with Crippen LogP contribution in [0.3, 0.4) is 0 Å². The van der Waals surface area contributed by atoms with Crippen molar-refractivity contribution in [2.45, 2.75) is 26.3 Å². The zero-order chi connectivity index (χ0) is 11.6. The zero-order valence-corrected chi connectivity index (χ0v) is 11.0. The van der Waals surface area contributed by atoms with Crippen LogP contribution in [0.1, 0.15) is 31.3 Å². The lowest BCUT2D eigenvalue weighted by Crippen LogP contribution is -2.42. The van der Waals surface area contributed by atoms with Gasteiger partial charge in [-0.05, 0) is 48.8 Å². The fourth-order valence-electron chi connectivity index (χ4n) is 1.00. The number of hydrogen-bond donors (Lipinski definition) is 0. The topological polar surface area (TPSA) is 33.2 Å². The Kier molecular flexibility index (Phi) is 3.50. The van der Waals surface area contributed by atoms with Crippen LogP contribution in [0.15, 0.2) is 22.8 Å². The molecule has 0 fully saturated rings. The summed E-state index contributed by atoms with van der Waals surface area (Å²) < 4.78 is 0.677. The second-order valence-electron chi connectivity index (χ2n) is 4.38. The minimum Gasteiger partial charge on any atom is -0.336 e. The second-order valence-corrected chi connectivity index (χ2v) is 5.19. The predicted octanol–water partition coefficient (Wildman–Crippen LogP) is 2.71. The molecule has 0 aliphatic carbocycles. The lowest BCUT2D eigenvalue weighted by Gasteiger charge is -2.31. The van der Waals surface area contributed by atoms with Crippen LogP contribution in [0.2, 0.25) is 0 Å². The molecule has 4 heteroatoms. The standard InChI is InChI=1S/C11H15BrN2O/c1-11(2,3)14(4)10(15)8-6-5-7-9(12)13-8/h5-7H,1-4H3. The molecule has 3 nitrogen and oxygen atoms in total. The first kappa shape index (κ1) is 12.2. The van der Waals surface area contributed by atoms with Gasteiger partial charge in [-0.2, -0.15) is 0 Å². The molecule has 0 radical (unpaired) electrons. The van der Waals surface area contributed by atoms with Crippen molar-refractivity contribution in [2.75, 3.05) is 7.05 Å². The summed E-state index contributed by atoms with van der Waals surface area (Å²) in [5, 5.41) is 0. The highest BCUT2D eigenvalue weighted by atomic mass is 79.9. The fourth-order valence-corrected chi connectivity index (χ4v) is 1.35. The summed E-state index contributed by atoms with van der Waals surface area (Å²) >= 11 is 3.25. The summed E-state index contributed by atoms with van der Waals surface area (Å²) in [6, 6.07) is 5.32. The summed E-state index contributed by atoms with van der Waals surface area (Å²) in [5.41, 5.74) is 0.267. The van der Waals surface area contributed by atoms with Gasteiger partial charge in [0, 0.05) is 12.6 Å². The number of halogens is 1. The fraction of sp³-hybridized carbons (Fsp3) is 0.455. The van der Waals surface area contributed by atoms with Crippen LogP contribution in [0.25, 0.3) is 0 Å². The van der Waals surface area contributed by atoms with Gasteiger partial charge in [0.15, 0.2) is 0 Å². The number of carbonyl (C=O) groups excluding carboxylic acids is 1. The Balaban J connectivity index is 2.95. The van der Waals surface area contributed by atoms with Crippen LogP contribution in [-0.4, -0.2) is 28.4 Å². The van der Waals surface area contributed by atoms with E-state index in [0.717, 1.165) is 0 Å². The molecule has 0 saturated heterocycles. The number of aromatic nitrogens is 1. The Morgan fingerprint density at radius 1 is 1.40 bits per heavy atom. The van der Waals surface area contributed by atoms with E-state index < -0.39 is 0 Å². The number of nitrogens with zero attached hydrogens (tertiary/aromatic N) is 2. The Labute approximate surface area is 98.6 Å². The van der Waals surface area contributed by atoms with Crippen LogP contribution in [-0.2, 0) is 0 Å². The molecule has 0 aliphatic rings. The molecule has 0 bridgehead atoms. The molecule has 1 aromatic heterocycles. The molecular formula is C11H15BrN2O. The minimum absolute atomic E-state index is 0.0659. The number of hydrogen-bond acceptors (Lipinski definition) is 2. The van der Waals surface area contributed by atoms with E-state index in [2.05, 4.69) is 20.9 Å². The first-order valence-corrected chi connectivity index (χ1v) is 5.52. The minimum atomic E-state index is -0.193. The van der Waals surface area contributed by atoms with Gasteiger partial charge in [-0.3, -0.25) is 4.79 Å². The Morgan fingerprint density at radius 3 is 2.47 bits per heavy atom. The maximum Gasteiger partial charge on any atom is 0.272 e. The molecule has 0 aromatic carbocycles. The van der Waals surface area contributed by atoms with Crippen LogP contribution >= 0.6 is 15.9 Å². The molecule has 0 atom stereocenters. The predicted molar refractivity (Wildman–Crippen MR) is 63.8 cm³/mol. The van der Waals surface area contributed by atoms with Crippen molar-refractivity contribution in [2.24, 2.45) is 0 Å². The van der Waals surface area contributed by atoms with Gasteiger partial charge in [-0.15, -0.1) is 0 Å². The van der Waals surface area contributed by atoms with Crippen molar-refractivity contribution in [1.29, 1.82) is 0 Å². The SMILES string of the molecule is CN(C(=O)c1cccc(Br)n1)C(C)(C)C. The smallest absolute Gasteiger partial charge is 0.272 e. The highest BCUT2D eigenvalue weighted by Crippen LogP contribution is 2.15. The Bertz CT molecular complexity index is 371. The second kappa shape index (κ2) is 4.31. The van der Waals surface area contributed by atoms with Crippen molar-refractivity contribution >= 4 is 21.8 Å². The van der Waals surface area contributed by atoms with Gasteiger partial charge in [0.05, 0.1) is 0 Å². The summed E-state index contributed by atoms with van der Waals surface area (Å²) in [6.45, 7) is 5.97. The van der Waals surface area contributed by atoms with E-state index >= 15 is 0 Å². The van der Waals surface area contributed by atoms with Crippen LogP contribution in [0.4, 0.5) is 0 Å². The van der Waals surface area contributed by atoms with Crippen LogP contribution in [0.5, 0.6) is 0 Å². The third-order valence-corrected chi connectivity index (χ3v) is 2.69. The van der Waals surface area contributed by atoms with Crippen LogP contribution < -0.4 is 0 Å². The molecule has 0 spiro atoms. The van der Waals surface area contributed by atoms with Gasteiger partial charge in [-0.25, -0.2) is 4.98 Å². The molecule has 1 rings (SSSR count). The maximum atomic E-state index is 12.0. The van der Waals surface area contributed by atoms with E-state index in [4.69, 9.17) is 0 Å². The van der Waals surface area contributed by atoms with E-state index in [-0.39, 0.29) is 11.4 Å². The van der Waals surface area contributed by atoms with Gasteiger partial charge < -0.3 is 4.90 Å². The molecule has 1 heterocycles. The highest BCUT2D eigenvalue weighted by molar-refractivity contribution is 9.10. The first-order valence-electron chi connectivity index (χ1n) is 4.73. The molecule has 0 saturated carbocycles. The molecule has 0 unspecified atom stereocenters. The average Bonchev–Trinajstić information content (AvgIpc) is 2.14. The Hall–Kier alpha value is -0.900. The number of rotatable bonds is 1. The molecule has 15 heavy (non-hydrogen) atoms. The highest BCUT2D eigenvalue weighted by Gasteiger charge is 2.24. The van der Waals surface area contributed by atoms with Gasteiger partial charge in [0.25, 0.3) is 5.91 Å². The zero-order valence-electron chi connectivity index (χ0n) is 9.41. The Morgan fingerprint density at radius 2 is 2.00 bits per heavy atom. The monoisotopic (exact) mass is 270 g/mol. The normalized spacial score (nSPS) is 11.3. The third kappa shape index (κ3) is 3.02. The van der Waals surface area contributed by atoms with Gasteiger partial charge >= 0.3 is 0 Å². The van der Waals surface area contributed by atoms with E-state index in [1.54, 1.807) is 30.1 Å². The van der Waals surface area contributed by atoms with E-state index in [9.17, 15) is 4.79 Å². The van der Waals surface area contributed by atoms with Crippen molar-refractivity contribution in [3.8, 4) is 0 Å². The van der Waals surface area contributed by atoms with E-state index in [1.807, 2.05) is 20.8 Å². The van der Waals surface area contributed by atoms with Crippen molar-refractivity contribution < 1.29 is 4.79 Å². The molecule has 0 N–H and O–H groups in total. The quantitative estimate of drug-likeness (QED) is 0.736. The molecule has 0 aliphatic heterocycles. The van der Waals surface area contributed by atoms with Gasteiger partial charge in [-0.1, -0.05) is 6.07 Å².